The highest BCUT2D eigenvalue weighted by Crippen LogP contribution is 2.13. The van der Waals surface area contributed by atoms with Crippen LogP contribution in [0.1, 0.15) is 106 Å². The van der Waals surface area contributed by atoms with E-state index in [9.17, 15) is 53.1 Å². The van der Waals surface area contributed by atoms with Crippen molar-refractivity contribution in [3.63, 3.8) is 0 Å². The number of hydrogen-bond donors (Lipinski definition) is 7. The van der Waals surface area contributed by atoms with Crippen LogP contribution in [0.5, 0.6) is 0 Å². The van der Waals surface area contributed by atoms with Crippen LogP contribution < -0.4 is 38.0 Å². The lowest BCUT2D eigenvalue weighted by Crippen LogP contribution is -2.45. The topological polar surface area (TPSA) is 362 Å². The molecule has 0 saturated heterocycles. The summed E-state index contributed by atoms with van der Waals surface area (Å²) in [6.45, 7) is 15.4. The van der Waals surface area contributed by atoms with Crippen LogP contribution in [0.2, 0.25) is 0 Å². The van der Waals surface area contributed by atoms with Gasteiger partial charge in [0.1, 0.15) is 66.4 Å². The number of aliphatic carboxylic acids is 2. The van der Waals surface area contributed by atoms with E-state index in [0.29, 0.717) is 11.8 Å². The molecule has 0 fully saturated rings. The van der Waals surface area contributed by atoms with Crippen LogP contribution in [0.3, 0.4) is 0 Å². The second-order valence-corrected chi connectivity index (χ2v) is 22.2. The number of benzene rings is 3. The number of alkyl halides is 1. The number of alkyl carbamates (subject to hydrolysis) is 3. The number of carboxylic acid groups (broad SMARTS) is 2. The van der Waals surface area contributed by atoms with Crippen molar-refractivity contribution in [2.75, 3.05) is 16.0 Å². The number of hydrogen-bond acceptors (Lipinski definition) is 18. The average molecular weight is 1280 g/mol. The van der Waals surface area contributed by atoms with Gasteiger partial charge in [0.15, 0.2) is 0 Å². The first-order valence-electron chi connectivity index (χ1n) is 26.7. The van der Waals surface area contributed by atoms with Gasteiger partial charge in [-0.15, -0.1) is 0 Å². The Kier molecular flexibility index (Phi) is 30.9. The molecular formula is C59H78BrN9O18. The number of rotatable bonds is 22. The van der Waals surface area contributed by atoms with Crippen molar-refractivity contribution in [2.45, 2.75) is 157 Å². The van der Waals surface area contributed by atoms with Crippen molar-refractivity contribution in [3.05, 3.63) is 153 Å². The van der Waals surface area contributed by atoms with Crippen molar-refractivity contribution >= 4 is 75.9 Å². The van der Waals surface area contributed by atoms with Crippen molar-refractivity contribution in [2.24, 2.45) is 0 Å². The highest BCUT2D eigenvalue weighted by molar-refractivity contribution is 9.09. The monoisotopic (exact) mass is 1280 g/mol. The summed E-state index contributed by atoms with van der Waals surface area (Å²) in [6, 6.07) is 26.9. The van der Waals surface area contributed by atoms with Gasteiger partial charge in [-0.25, -0.2) is 47.9 Å². The van der Waals surface area contributed by atoms with E-state index in [2.05, 4.69) is 52.5 Å². The van der Waals surface area contributed by atoms with Crippen LogP contribution in [0, 0.1) is 0 Å². The predicted molar refractivity (Wildman–Crippen MR) is 323 cm³/mol. The molecule has 2 aromatic heterocycles. The van der Waals surface area contributed by atoms with Crippen LogP contribution in [-0.2, 0) is 75.7 Å². The van der Waals surface area contributed by atoms with Gasteiger partial charge in [0.2, 0.25) is 0 Å². The number of amides is 5. The molecule has 474 valence electrons. The molecule has 0 aliphatic rings. The number of aromatic nitrogens is 4. The van der Waals surface area contributed by atoms with Crippen LogP contribution in [-0.4, -0.2) is 118 Å². The van der Waals surface area contributed by atoms with Gasteiger partial charge in [0.05, 0.1) is 0 Å². The van der Waals surface area contributed by atoms with Gasteiger partial charge in [-0.2, -0.15) is 9.97 Å². The van der Waals surface area contributed by atoms with Crippen molar-refractivity contribution < 1.29 is 77.0 Å². The number of carbonyl (C=O) groups excluding carboxylic acids is 6. The van der Waals surface area contributed by atoms with Gasteiger partial charge in [-0.3, -0.25) is 19.8 Å². The molecule has 0 aliphatic heterocycles. The fourth-order valence-corrected chi connectivity index (χ4v) is 7.11. The second kappa shape index (κ2) is 36.5. The Morgan fingerprint density at radius 1 is 0.471 bits per heavy atom. The average Bonchev–Trinajstić information content (AvgIpc) is 3.54. The Balaban J connectivity index is 0.000000484. The Labute approximate surface area is 512 Å². The van der Waals surface area contributed by atoms with Gasteiger partial charge < -0.3 is 54.6 Å². The largest absolute Gasteiger partial charge is 0.480 e. The molecule has 5 aromatic rings. The summed E-state index contributed by atoms with van der Waals surface area (Å²) in [4.78, 5) is 127. The minimum Gasteiger partial charge on any atom is -0.480 e. The molecule has 27 nitrogen and oxygen atoms in total. The van der Waals surface area contributed by atoms with Crippen LogP contribution in [0.15, 0.2) is 125 Å². The van der Waals surface area contributed by atoms with Gasteiger partial charge >= 0.3 is 59.8 Å². The summed E-state index contributed by atoms with van der Waals surface area (Å²) in [5.74, 6) is -3.01. The molecule has 0 aliphatic carbocycles. The number of nitrogens with one attached hydrogen (secondary N) is 5. The maximum absolute atomic E-state index is 12.8. The van der Waals surface area contributed by atoms with E-state index in [1.54, 1.807) is 74.4 Å². The third kappa shape index (κ3) is 31.9. The number of nitrogens with zero attached hydrogens (tertiary/aromatic N) is 4. The summed E-state index contributed by atoms with van der Waals surface area (Å²) in [6.07, 6.45) is -0.867. The molecule has 3 aromatic carbocycles. The summed E-state index contributed by atoms with van der Waals surface area (Å²) in [5.41, 5.74) is -1.13. The predicted octanol–water partition coefficient (Wildman–Crippen LogP) is 8.76. The molecule has 0 saturated carbocycles. The highest BCUT2D eigenvalue weighted by Gasteiger charge is 2.28. The molecule has 28 heteroatoms. The zero-order valence-electron chi connectivity index (χ0n) is 49.2. The minimum atomic E-state index is -1.27. The zero-order chi connectivity index (χ0) is 64.0. The van der Waals surface area contributed by atoms with Crippen molar-refractivity contribution in [1.82, 2.24) is 35.1 Å². The van der Waals surface area contributed by atoms with Gasteiger partial charge in [0.25, 0.3) is 0 Å². The molecular weight excluding hydrogens is 1200 g/mol. The van der Waals surface area contributed by atoms with Crippen LogP contribution in [0.25, 0.3) is 0 Å². The Bertz CT molecular complexity index is 3130. The van der Waals surface area contributed by atoms with E-state index in [1.807, 2.05) is 78.9 Å². The van der Waals surface area contributed by atoms with E-state index in [0.717, 1.165) is 21.3 Å². The second-order valence-electron chi connectivity index (χ2n) is 21.4. The molecule has 0 spiro atoms. The smallest absolute Gasteiger partial charge is 0.413 e. The lowest BCUT2D eigenvalue weighted by Gasteiger charge is -2.23. The van der Waals surface area contributed by atoms with E-state index in [4.69, 9.17) is 33.5 Å². The first-order valence-corrected chi connectivity index (χ1v) is 27.8. The molecule has 0 bridgehead atoms. The molecule has 87 heavy (non-hydrogen) atoms. The Morgan fingerprint density at radius 3 is 1.09 bits per heavy atom. The normalized spacial score (nSPS) is 11.8. The van der Waals surface area contributed by atoms with Gasteiger partial charge in [-0.05, 0) is 110 Å². The number of esters is 1. The first kappa shape index (κ1) is 73.8. The SMILES string of the molecule is C.CC(C)(C)OC(=O)N[C@@H](CCBr)C(=O)O.CC(C)(C)OC(=O)N[C@@H](CCn1ccc(NC(=O)OCc2ccccc2)nc1=O)C(=O)O.CC(C)(C)OC(=O)N[C@@H](CCn1ccc(NC(=O)OCc2ccccc2)nc1=O)C(=O)OCc1ccccc1. The number of halogens is 1. The number of anilines is 2. The number of aryl methyl sites for hydroxylation is 2. The van der Waals surface area contributed by atoms with E-state index in [-0.39, 0.29) is 64.8 Å². The summed E-state index contributed by atoms with van der Waals surface area (Å²) >= 11 is 3.11. The fourth-order valence-electron chi connectivity index (χ4n) is 6.65. The summed E-state index contributed by atoms with van der Waals surface area (Å²) in [5, 5.41) is 30.4. The highest BCUT2D eigenvalue weighted by atomic mass is 79.9. The van der Waals surface area contributed by atoms with Gasteiger partial charge in [-0.1, -0.05) is 114 Å². The number of ether oxygens (including phenoxy) is 6. The summed E-state index contributed by atoms with van der Waals surface area (Å²) < 4.78 is 33.2. The van der Waals surface area contributed by atoms with E-state index >= 15 is 0 Å². The third-order valence-electron chi connectivity index (χ3n) is 10.5. The van der Waals surface area contributed by atoms with Crippen molar-refractivity contribution in [1.29, 1.82) is 0 Å². The Morgan fingerprint density at radius 2 is 0.782 bits per heavy atom. The van der Waals surface area contributed by atoms with Gasteiger partial charge in [0, 0.05) is 30.8 Å². The quantitative estimate of drug-likeness (QED) is 0.0193. The van der Waals surface area contributed by atoms with Crippen LogP contribution >= 0.6 is 15.9 Å². The molecule has 5 amide bonds. The molecule has 2 heterocycles. The Hall–Kier alpha value is -9.34. The fraction of sp³-hybridized carbons (Fsp3) is 0.424. The lowest BCUT2D eigenvalue weighted by atomic mass is 10.2. The molecule has 0 unspecified atom stereocenters. The molecule has 3 atom stereocenters. The maximum atomic E-state index is 12.8. The first-order chi connectivity index (χ1) is 40.4. The lowest BCUT2D eigenvalue weighted by molar-refractivity contribution is -0.148. The molecule has 0 radical (unpaired) electrons. The van der Waals surface area contributed by atoms with E-state index in [1.165, 1.54) is 29.1 Å². The molecule has 5 rings (SSSR count). The summed E-state index contributed by atoms with van der Waals surface area (Å²) in [7, 11) is 0. The standard InChI is InChI=1S/C28H32N4O7.C21H26N4O7.C9H16BrNO4.CH4/c1-28(2,3)39-27(36)29-22(24(33)37-18-20-10-6-4-7-11-20)14-16-32-17-15-23(30-25(32)34)31-26(35)38-19-21-12-8-5-9-13-21;1-21(2,3)32-20(30)22-15(17(26)27)9-11-25-12-10-16(23-18(25)28)24-19(29)31-13-14-7-5-4-6-8-14;1-9(2,3)15-8(14)11-6(4-5-10)7(12)13;/h4-13,15,17,22H,14,16,18-19H2,1-3H3,(H,29,36)(H,30,31,34,35);4-8,10,12,15H,9,11,13H2,1-3H3,(H,22,30)(H,26,27)(H,23,24,28,29);6H,4-5H2,1-3H3,(H,11,14)(H,12,13);1H4/t22-;15-;6-;/m000./s1. The third-order valence-corrected chi connectivity index (χ3v) is 11.0. The zero-order valence-corrected chi connectivity index (χ0v) is 50.7. The van der Waals surface area contributed by atoms with Crippen molar-refractivity contribution in [3.8, 4) is 0 Å². The molecule has 7 N–H and O–H groups in total. The van der Waals surface area contributed by atoms with Crippen LogP contribution in [0.4, 0.5) is 35.6 Å². The number of carboxylic acids is 2. The van der Waals surface area contributed by atoms with E-state index < -0.39 is 94.7 Å². The maximum Gasteiger partial charge on any atom is 0.413 e. The minimum absolute atomic E-state index is 0. The number of carbonyl (C=O) groups is 8.